The van der Waals surface area contributed by atoms with Gasteiger partial charge in [-0.2, -0.15) is 0 Å². The smallest absolute Gasteiger partial charge is 0.327 e. The van der Waals surface area contributed by atoms with Crippen LogP contribution in [0, 0.1) is 38.0 Å². The molecule has 25 heavy (non-hydrogen) atoms. The molecule has 0 bridgehead atoms. The van der Waals surface area contributed by atoms with Crippen molar-refractivity contribution in [3.8, 4) is 0 Å². The average Bonchev–Trinajstić information content (AvgIpc) is 2.59. The summed E-state index contributed by atoms with van der Waals surface area (Å²) in [6, 6.07) is 0. The molecule has 0 aliphatic carbocycles. The third-order valence-electron chi connectivity index (χ3n) is 4.72. The van der Waals surface area contributed by atoms with Gasteiger partial charge in [0.25, 0.3) is 10.2 Å². The molecule has 0 saturated carbocycles. The molecule has 0 aromatic rings. The fourth-order valence-corrected chi connectivity index (χ4v) is 3.38. The summed E-state index contributed by atoms with van der Waals surface area (Å²) in [6.07, 6.45) is 0. The van der Waals surface area contributed by atoms with Crippen LogP contribution in [-0.2, 0) is 19.3 Å². The number of carbonyl (C=O) groups is 1. The minimum atomic E-state index is -0.919. The predicted molar refractivity (Wildman–Crippen MR) is 83.8 cm³/mol. The minimum absolute atomic E-state index is 0.301. The molecular weight excluding hydrogens is 338 g/mol. The highest BCUT2D eigenvalue weighted by Crippen LogP contribution is 2.49. The lowest BCUT2D eigenvalue weighted by Crippen LogP contribution is -2.52. The lowest BCUT2D eigenvalue weighted by molar-refractivity contribution is -0.763. The number of rotatable bonds is 8. The molecular formula is C14H25N3O8. The SMILES string of the molecule is CC(C)C(=O)ON1C(C)(C)C(CO[N+](=O)[O-])C(CO[N+](=O)[O-])C1(C)C. The van der Waals surface area contributed by atoms with E-state index in [9.17, 15) is 25.0 Å². The van der Waals surface area contributed by atoms with Gasteiger partial charge in [0.05, 0.1) is 17.0 Å². The van der Waals surface area contributed by atoms with Crippen molar-refractivity contribution < 1.29 is 29.5 Å². The number of nitrogens with zero attached hydrogens (tertiary/aromatic N) is 3. The van der Waals surface area contributed by atoms with Gasteiger partial charge in [-0.05, 0) is 27.7 Å². The normalized spacial score (nSPS) is 24.8. The Bertz CT molecular complexity index is 498. The highest BCUT2D eigenvalue weighted by atomic mass is 17.0. The van der Waals surface area contributed by atoms with Gasteiger partial charge in [-0.15, -0.1) is 25.3 Å². The lowest BCUT2D eigenvalue weighted by Gasteiger charge is -2.39. The second-order valence-corrected chi connectivity index (χ2v) is 7.42. The molecule has 0 spiro atoms. The van der Waals surface area contributed by atoms with Crippen molar-refractivity contribution in [3.63, 3.8) is 0 Å². The highest BCUT2D eigenvalue weighted by molar-refractivity contribution is 5.71. The Balaban J connectivity index is 3.18. The fourth-order valence-electron chi connectivity index (χ4n) is 3.38. The van der Waals surface area contributed by atoms with E-state index in [1.165, 1.54) is 5.06 Å². The molecule has 0 radical (unpaired) electrons. The number of hydrogen-bond donors (Lipinski definition) is 0. The van der Waals surface area contributed by atoms with Crippen molar-refractivity contribution in [3.05, 3.63) is 20.2 Å². The molecule has 0 aromatic heterocycles. The molecule has 1 aliphatic heterocycles. The van der Waals surface area contributed by atoms with E-state index < -0.39 is 39.1 Å². The number of hydroxylamine groups is 2. The van der Waals surface area contributed by atoms with Gasteiger partial charge in [-0.3, -0.25) is 4.79 Å². The van der Waals surface area contributed by atoms with Crippen LogP contribution >= 0.6 is 0 Å². The Hall–Kier alpha value is -2.17. The summed E-state index contributed by atoms with van der Waals surface area (Å²) in [5.74, 6) is -1.94. The molecule has 2 atom stereocenters. The fraction of sp³-hybridized carbons (Fsp3) is 0.929. The highest BCUT2D eigenvalue weighted by Gasteiger charge is 2.61. The standard InChI is InChI=1S/C14H25N3O8/c1-9(2)12(18)25-15-13(3,4)10(7-23-16(19)20)11(14(15,5)6)8-24-17(21)22/h9-11H,7-8H2,1-6H3. The molecule has 144 valence electrons. The van der Waals surface area contributed by atoms with E-state index in [0.717, 1.165) is 0 Å². The van der Waals surface area contributed by atoms with Gasteiger partial charge in [-0.1, -0.05) is 13.8 Å². The summed E-state index contributed by atoms with van der Waals surface area (Å²) in [7, 11) is 0. The monoisotopic (exact) mass is 363 g/mol. The van der Waals surface area contributed by atoms with E-state index in [1.807, 2.05) is 0 Å². The molecule has 1 rings (SSSR count). The Kier molecular flexibility index (Phi) is 6.16. The van der Waals surface area contributed by atoms with Crippen LogP contribution in [0.1, 0.15) is 41.5 Å². The van der Waals surface area contributed by atoms with Crippen molar-refractivity contribution in [2.45, 2.75) is 52.6 Å². The summed E-state index contributed by atoms with van der Waals surface area (Å²) < 4.78 is 0. The van der Waals surface area contributed by atoms with Gasteiger partial charge in [0.2, 0.25) is 0 Å². The summed E-state index contributed by atoms with van der Waals surface area (Å²) in [4.78, 5) is 47.8. The maximum absolute atomic E-state index is 12.1. The topological polar surface area (TPSA) is 134 Å². The first-order valence-corrected chi connectivity index (χ1v) is 7.88. The first kappa shape index (κ1) is 20.9. The van der Waals surface area contributed by atoms with Crippen molar-refractivity contribution >= 4 is 5.97 Å². The van der Waals surface area contributed by atoms with Crippen molar-refractivity contribution in [2.75, 3.05) is 13.2 Å². The zero-order chi connectivity index (χ0) is 19.6. The molecule has 0 aromatic carbocycles. The zero-order valence-electron chi connectivity index (χ0n) is 15.3. The van der Waals surface area contributed by atoms with Crippen LogP contribution in [0.5, 0.6) is 0 Å². The Morgan fingerprint density at radius 2 is 1.36 bits per heavy atom. The first-order chi connectivity index (χ1) is 11.3. The Labute approximate surface area is 145 Å². The Morgan fingerprint density at radius 1 is 1.00 bits per heavy atom. The van der Waals surface area contributed by atoms with Crippen LogP contribution < -0.4 is 0 Å². The van der Waals surface area contributed by atoms with Crippen molar-refractivity contribution in [2.24, 2.45) is 17.8 Å². The molecule has 1 fully saturated rings. The molecule has 0 N–H and O–H groups in total. The summed E-state index contributed by atoms with van der Waals surface area (Å²) in [5.41, 5.74) is -1.73. The summed E-state index contributed by atoms with van der Waals surface area (Å²) in [6.45, 7) is 9.71. The van der Waals surface area contributed by atoms with Crippen LogP contribution in [0.4, 0.5) is 0 Å². The molecule has 1 heterocycles. The van der Waals surface area contributed by atoms with Crippen LogP contribution in [0.2, 0.25) is 0 Å². The molecule has 11 nitrogen and oxygen atoms in total. The van der Waals surface area contributed by atoms with Gasteiger partial charge in [0, 0.05) is 11.8 Å². The quantitative estimate of drug-likeness (QED) is 0.465. The summed E-state index contributed by atoms with van der Waals surface area (Å²) in [5, 5.41) is 20.8. The predicted octanol–water partition coefficient (Wildman–Crippen LogP) is 1.62. The van der Waals surface area contributed by atoms with E-state index in [-0.39, 0.29) is 19.1 Å². The maximum Gasteiger partial charge on any atom is 0.327 e. The van der Waals surface area contributed by atoms with Crippen molar-refractivity contribution in [1.82, 2.24) is 5.06 Å². The van der Waals surface area contributed by atoms with Gasteiger partial charge in [0.1, 0.15) is 13.2 Å². The van der Waals surface area contributed by atoms with Crippen LogP contribution in [0.25, 0.3) is 0 Å². The molecule has 1 saturated heterocycles. The zero-order valence-corrected chi connectivity index (χ0v) is 15.3. The van der Waals surface area contributed by atoms with Gasteiger partial charge < -0.3 is 14.5 Å². The largest absolute Gasteiger partial charge is 0.367 e. The van der Waals surface area contributed by atoms with Crippen LogP contribution in [-0.4, -0.2) is 45.5 Å². The van der Waals surface area contributed by atoms with Crippen LogP contribution in [0.15, 0.2) is 0 Å². The molecule has 0 amide bonds. The van der Waals surface area contributed by atoms with E-state index in [0.29, 0.717) is 0 Å². The van der Waals surface area contributed by atoms with Gasteiger partial charge >= 0.3 is 5.97 Å². The second kappa shape index (κ2) is 7.38. The molecule has 1 aliphatic rings. The average molecular weight is 363 g/mol. The minimum Gasteiger partial charge on any atom is -0.367 e. The lowest BCUT2D eigenvalue weighted by atomic mass is 9.78. The van der Waals surface area contributed by atoms with Gasteiger partial charge in [-0.25, -0.2) is 0 Å². The molecule has 11 heteroatoms. The number of hydrogen-bond acceptors (Lipinski definition) is 9. The summed E-state index contributed by atoms with van der Waals surface area (Å²) >= 11 is 0. The Morgan fingerprint density at radius 3 is 1.64 bits per heavy atom. The van der Waals surface area contributed by atoms with E-state index >= 15 is 0 Å². The van der Waals surface area contributed by atoms with Crippen molar-refractivity contribution in [1.29, 1.82) is 0 Å². The third kappa shape index (κ3) is 4.47. The van der Waals surface area contributed by atoms with Crippen LogP contribution in [0.3, 0.4) is 0 Å². The van der Waals surface area contributed by atoms with Gasteiger partial charge in [0.15, 0.2) is 0 Å². The van der Waals surface area contributed by atoms with E-state index in [2.05, 4.69) is 9.68 Å². The maximum atomic E-state index is 12.1. The number of carbonyl (C=O) groups excluding carboxylic acids is 1. The molecule has 2 unspecified atom stereocenters. The van der Waals surface area contributed by atoms with E-state index in [1.54, 1.807) is 41.5 Å². The third-order valence-corrected chi connectivity index (χ3v) is 4.72. The van der Waals surface area contributed by atoms with E-state index in [4.69, 9.17) is 4.84 Å². The second-order valence-electron chi connectivity index (χ2n) is 7.42. The first-order valence-electron chi connectivity index (χ1n) is 7.88.